The van der Waals surface area contributed by atoms with Crippen LogP contribution in [0.15, 0.2) is 64.1 Å². The molecular formula is C22H23F2N3O. The van der Waals surface area contributed by atoms with Gasteiger partial charge in [0.15, 0.2) is 11.6 Å². The lowest BCUT2D eigenvalue weighted by molar-refractivity contribution is -0.112. The van der Waals surface area contributed by atoms with Gasteiger partial charge in [0.1, 0.15) is 5.71 Å². The standard InChI is InChI=1S/C20H18F2N2O.C2H5N/c1-3-13(4-2)12-24-18-8-6-5-7-15(18)19(20(24)25)23-14-9-10-16(21)17(22)11-14;1-3-2/h3,5-11H,4,12H2,1-2H3;1H2,2H3/b13-3+,23-19?;. The van der Waals surface area contributed by atoms with Gasteiger partial charge in [0, 0.05) is 25.2 Å². The third-order valence-corrected chi connectivity index (χ3v) is 4.27. The highest BCUT2D eigenvalue weighted by molar-refractivity contribution is 6.54. The number of rotatable bonds is 4. The number of aliphatic imine (C=N–C) groups is 2. The molecule has 1 aliphatic rings. The largest absolute Gasteiger partial charge is 0.304 e. The quantitative estimate of drug-likeness (QED) is 0.535. The van der Waals surface area contributed by atoms with E-state index in [1.54, 1.807) is 11.9 Å². The van der Waals surface area contributed by atoms with Crippen molar-refractivity contribution in [2.75, 3.05) is 18.5 Å². The third-order valence-electron chi connectivity index (χ3n) is 4.27. The zero-order valence-electron chi connectivity index (χ0n) is 16.2. The second-order valence-corrected chi connectivity index (χ2v) is 6.08. The zero-order chi connectivity index (χ0) is 20.7. The number of hydrogen-bond acceptors (Lipinski definition) is 3. The maximum Gasteiger partial charge on any atom is 0.277 e. The van der Waals surface area contributed by atoms with Crippen LogP contribution in [0.5, 0.6) is 0 Å². The lowest BCUT2D eigenvalue weighted by atomic mass is 10.1. The molecule has 1 amide bonds. The maximum atomic E-state index is 13.4. The number of fused-ring (bicyclic) bond motifs is 1. The number of nitrogens with zero attached hydrogens (tertiary/aromatic N) is 3. The van der Waals surface area contributed by atoms with E-state index in [1.807, 2.05) is 44.2 Å². The van der Waals surface area contributed by atoms with Crippen LogP contribution in [0.1, 0.15) is 25.8 Å². The lowest BCUT2D eigenvalue weighted by Gasteiger charge is -2.18. The number of amides is 1. The topological polar surface area (TPSA) is 45.0 Å². The molecule has 2 aromatic rings. The molecule has 0 N–H and O–H groups in total. The summed E-state index contributed by atoms with van der Waals surface area (Å²) in [7, 11) is 1.64. The van der Waals surface area contributed by atoms with Gasteiger partial charge in [0.05, 0.1) is 11.4 Å². The fourth-order valence-electron chi connectivity index (χ4n) is 2.82. The number of allylic oxidation sites excluding steroid dienone is 1. The van der Waals surface area contributed by atoms with Crippen molar-refractivity contribution >= 4 is 29.7 Å². The first kappa shape index (κ1) is 21.2. The van der Waals surface area contributed by atoms with Crippen LogP contribution in [0, 0.1) is 11.6 Å². The van der Waals surface area contributed by atoms with Gasteiger partial charge in [-0.2, -0.15) is 0 Å². The molecule has 0 saturated carbocycles. The van der Waals surface area contributed by atoms with Crippen LogP contribution in [0.3, 0.4) is 0 Å². The van der Waals surface area contributed by atoms with E-state index in [-0.39, 0.29) is 17.3 Å². The fourth-order valence-corrected chi connectivity index (χ4v) is 2.82. The minimum absolute atomic E-state index is 0.209. The van der Waals surface area contributed by atoms with Crippen LogP contribution < -0.4 is 4.90 Å². The van der Waals surface area contributed by atoms with Crippen molar-refractivity contribution in [1.29, 1.82) is 0 Å². The van der Waals surface area contributed by atoms with Gasteiger partial charge in [0.2, 0.25) is 0 Å². The number of carbonyl (C=O) groups is 1. The highest BCUT2D eigenvalue weighted by Gasteiger charge is 2.33. The molecule has 6 heteroatoms. The summed E-state index contributed by atoms with van der Waals surface area (Å²) in [5, 5.41) is 0. The van der Waals surface area contributed by atoms with Crippen LogP contribution in [-0.2, 0) is 4.79 Å². The Kier molecular flexibility index (Phi) is 7.32. The molecule has 0 aliphatic carbocycles. The molecule has 0 unspecified atom stereocenters. The van der Waals surface area contributed by atoms with E-state index >= 15 is 0 Å². The average molecular weight is 383 g/mol. The summed E-state index contributed by atoms with van der Waals surface area (Å²) in [6.45, 7) is 7.58. The Morgan fingerprint density at radius 3 is 2.46 bits per heavy atom. The molecule has 146 valence electrons. The Labute approximate surface area is 163 Å². The number of halogens is 2. The van der Waals surface area contributed by atoms with Gasteiger partial charge in [-0.05, 0) is 38.3 Å². The van der Waals surface area contributed by atoms with Crippen molar-refractivity contribution in [1.82, 2.24) is 0 Å². The van der Waals surface area contributed by atoms with E-state index in [0.29, 0.717) is 12.1 Å². The smallest absolute Gasteiger partial charge is 0.277 e. The van der Waals surface area contributed by atoms with Crippen LogP contribution >= 0.6 is 0 Å². The Hall–Kier alpha value is -3.15. The van der Waals surface area contributed by atoms with Crippen molar-refractivity contribution in [2.24, 2.45) is 9.98 Å². The van der Waals surface area contributed by atoms with Gasteiger partial charge in [-0.25, -0.2) is 13.8 Å². The number of anilines is 1. The molecule has 0 atom stereocenters. The molecule has 4 nitrogen and oxygen atoms in total. The summed E-state index contributed by atoms with van der Waals surface area (Å²) in [6, 6.07) is 10.7. The van der Waals surface area contributed by atoms with Crippen LogP contribution in [0.25, 0.3) is 0 Å². The van der Waals surface area contributed by atoms with Gasteiger partial charge < -0.3 is 9.89 Å². The average Bonchev–Trinajstić information content (AvgIpc) is 2.95. The van der Waals surface area contributed by atoms with Crippen molar-refractivity contribution in [3.63, 3.8) is 0 Å². The predicted molar refractivity (Wildman–Crippen MR) is 111 cm³/mol. The SMILES string of the molecule is C/C=C(\CC)CN1C(=O)C(=Nc2ccc(F)c(F)c2)c2ccccc21.C=NC. The van der Waals surface area contributed by atoms with Crippen LogP contribution in [0.2, 0.25) is 0 Å². The van der Waals surface area contributed by atoms with Gasteiger partial charge in [-0.15, -0.1) is 0 Å². The first-order valence-electron chi connectivity index (χ1n) is 8.90. The highest BCUT2D eigenvalue weighted by Crippen LogP contribution is 2.31. The van der Waals surface area contributed by atoms with Gasteiger partial charge in [-0.1, -0.05) is 36.8 Å². The van der Waals surface area contributed by atoms with Crippen LogP contribution in [-0.4, -0.2) is 31.9 Å². The van der Waals surface area contributed by atoms with Crippen molar-refractivity contribution in [2.45, 2.75) is 20.3 Å². The summed E-state index contributed by atoms with van der Waals surface area (Å²) in [4.78, 5) is 22.1. The molecule has 0 aromatic heterocycles. The van der Waals surface area contributed by atoms with Crippen molar-refractivity contribution in [3.8, 4) is 0 Å². The number of benzene rings is 2. The van der Waals surface area contributed by atoms with E-state index in [1.165, 1.54) is 6.07 Å². The second-order valence-electron chi connectivity index (χ2n) is 6.08. The zero-order valence-corrected chi connectivity index (χ0v) is 16.2. The molecule has 2 aromatic carbocycles. The Bertz CT molecular complexity index is 935. The van der Waals surface area contributed by atoms with E-state index < -0.39 is 11.6 Å². The molecule has 0 fully saturated rings. The molecule has 28 heavy (non-hydrogen) atoms. The van der Waals surface area contributed by atoms with E-state index in [9.17, 15) is 13.6 Å². The fraction of sp³-hybridized carbons (Fsp3) is 0.227. The van der Waals surface area contributed by atoms with E-state index in [2.05, 4.69) is 16.7 Å². The molecule has 1 aliphatic heterocycles. The monoisotopic (exact) mass is 383 g/mol. The Morgan fingerprint density at radius 2 is 1.86 bits per heavy atom. The first-order chi connectivity index (χ1) is 13.5. The summed E-state index contributed by atoms with van der Waals surface area (Å²) >= 11 is 0. The Morgan fingerprint density at radius 1 is 1.18 bits per heavy atom. The summed E-state index contributed by atoms with van der Waals surface area (Å²) in [6.07, 6.45) is 2.85. The normalized spacial score (nSPS) is 14.6. The van der Waals surface area contributed by atoms with Gasteiger partial charge in [0.25, 0.3) is 5.91 Å². The minimum Gasteiger partial charge on any atom is -0.304 e. The predicted octanol–water partition coefficient (Wildman–Crippen LogP) is 5.11. The van der Waals surface area contributed by atoms with Crippen molar-refractivity contribution < 1.29 is 13.6 Å². The Balaban J connectivity index is 0.000000878. The molecule has 0 bridgehead atoms. The molecule has 3 rings (SSSR count). The van der Waals surface area contributed by atoms with Gasteiger partial charge >= 0.3 is 0 Å². The highest BCUT2D eigenvalue weighted by atomic mass is 19.2. The lowest BCUT2D eigenvalue weighted by Crippen LogP contribution is -2.31. The third kappa shape index (κ3) is 4.57. The summed E-state index contributed by atoms with van der Waals surface area (Å²) < 4.78 is 26.5. The van der Waals surface area contributed by atoms with Gasteiger partial charge in [-0.3, -0.25) is 4.79 Å². The first-order valence-corrected chi connectivity index (χ1v) is 8.90. The molecular weight excluding hydrogens is 360 g/mol. The number of para-hydroxylation sites is 1. The number of carbonyl (C=O) groups excluding carboxylic acids is 1. The molecule has 0 saturated heterocycles. The number of hydrogen-bond donors (Lipinski definition) is 0. The minimum atomic E-state index is -0.986. The summed E-state index contributed by atoms with van der Waals surface area (Å²) in [5.41, 5.74) is 3.07. The summed E-state index contributed by atoms with van der Waals surface area (Å²) in [5.74, 6) is -2.16. The van der Waals surface area contributed by atoms with E-state index in [0.717, 1.165) is 29.8 Å². The second kappa shape index (κ2) is 9.69. The molecule has 0 radical (unpaired) electrons. The van der Waals surface area contributed by atoms with Crippen LogP contribution in [0.4, 0.5) is 20.2 Å². The molecule has 0 spiro atoms. The maximum absolute atomic E-state index is 13.4. The molecule has 1 heterocycles. The van der Waals surface area contributed by atoms with E-state index in [4.69, 9.17) is 0 Å². The van der Waals surface area contributed by atoms with Crippen molar-refractivity contribution in [3.05, 3.63) is 71.3 Å².